The average molecular weight is 283 g/mol. The smallest absolute Gasteiger partial charge is 0.212 e. The Kier molecular flexibility index (Phi) is 4.33. The van der Waals surface area contributed by atoms with Crippen molar-refractivity contribution in [2.45, 2.75) is 50.9 Å². The van der Waals surface area contributed by atoms with Gasteiger partial charge in [-0.3, -0.25) is 0 Å². The molecule has 0 radical (unpaired) electrons. The van der Waals surface area contributed by atoms with Gasteiger partial charge in [0, 0.05) is 6.20 Å². The third-order valence-electron chi connectivity index (χ3n) is 4.81. The summed E-state index contributed by atoms with van der Waals surface area (Å²) in [6.45, 7) is 2.19. The fourth-order valence-electron chi connectivity index (χ4n) is 3.41. The highest BCUT2D eigenvalue weighted by atomic mass is 19.1. The standard InChI is InChI=1S/C19H22FN/c1-2-14-3-5-15(6-4-14)16-7-9-17(10-8-16)18-11-12-19(20)21-13-18/h3-6,11-13,16-17H,2,7-10H2,1H3. The van der Waals surface area contributed by atoms with Gasteiger partial charge in [0.05, 0.1) is 0 Å². The normalized spacial score (nSPS) is 22.2. The van der Waals surface area contributed by atoms with E-state index in [9.17, 15) is 4.39 Å². The second-order valence-electron chi connectivity index (χ2n) is 6.06. The van der Waals surface area contributed by atoms with E-state index in [2.05, 4.69) is 36.2 Å². The molecule has 1 saturated carbocycles. The lowest BCUT2D eigenvalue weighted by Gasteiger charge is -2.29. The number of benzene rings is 1. The van der Waals surface area contributed by atoms with E-state index >= 15 is 0 Å². The maximum absolute atomic E-state index is 12.9. The Bertz CT molecular complexity index is 566. The Morgan fingerprint density at radius 2 is 1.48 bits per heavy atom. The molecular formula is C19H22FN. The number of rotatable bonds is 3. The van der Waals surface area contributed by atoms with Gasteiger partial charge in [-0.05, 0) is 66.7 Å². The SMILES string of the molecule is CCc1ccc(C2CCC(c3ccc(F)nc3)CC2)cc1. The summed E-state index contributed by atoms with van der Waals surface area (Å²) in [6.07, 6.45) is 7.59. The molecule has 2 heteroatoms. The van der Waals surface area contributed by atoms with Crippen LogP contribution in [0.4, 0.5) is 4.39 Å². The number of aromatic nitrogens is 1. The summed E-state index contributed by atoms with van der Waals surface area (Å²) in [6, 6.07) is 12.5. The van der Waals surface area contributed by atoms with E-state index in [0.29, 0.717) is 11.8 Å². The molecule has 0 unspecified atom stereocenters. The van der Waals surface area contributed by atoms with Crippen molar-refractivity contribution in [2.75, 3.05) is 0 Å². The molecule has 0 amide bonds. The van der Waals surface area contributed by atoms with Gasteiger partial charge in [-0.25, -0.2) is 4.98 Å². The molecule has 1 aromatic heterocycles. The van der Waals surface area contributed by atoms with Crippen LogP contribution in [0, 0.1) is 5.95 Å². The van der Waals surface area contributed by atoms with Gasteiger partial charge >= 0.3 is 0 Å². The van der Waals surface area contributed by atoms with Gasteiger partial charge in [0.25, 0.3) is 0 Å². The van der Waals surface area contributed by atoms with E-state index in [1.807, 2.05) is 6.07 Å². The fourth-order valence-corrected chi connectivity index (χ4v) is 3.41. The van der Waals surface area contributed by atoms with Crippen LogP contribution in [-0.4, -0.2) is 4.98 Å². The van der Waals surface area contributed by atoms with Gasteiger partial charge < -0.3 is 0 Å². The Hall–Kier alpha value is -1.70. The lowest BCUT2D eigenvalue weighted by molar-refractivity contribution is 0.395. The molecule has 1 fully saturated rings. The van der Waals surface area contributed by atoms with Crippen LogP contribution in [0.2, 0.25) is 0 Å². The predicted molar refractivity (Wildman–Crippen MR) is 84.0 cm³/mol. The highest BCUT2D eigenvalue weighted by Crippen LogP contribution is 2.40. The van der Waals surface area contributed by atoms with Crippen molar-refractivity contribution in [1.29, 1.82) is 0 Å². The van der Waals surface area contributed by atoms with Crippen molar-refractivity contribution < 1.29 is 4.39 Å². The van der Waals surface area contributed by atoms with E-state index < -0.39 is 0 Å². The Balaban J connectivity index is 1.62. The second kappa shape index (κ2) is 6.38. The molecule has 0 bridgehead atoms. The molecule has 0 aliphatic heterocycles. The zero-order chi connectivity index (χ0) is 14.7. The van der Waals surface area contributed by atoms with Gasteiger partial charge in [0.1, 0.15) is 0 Å². The van der Waals surface area contributed by atoms with Crippen molar-refractivity contribution in [3.8, 4) is 0 Å². The van der Waals surface area contributed by atoms with Crippen molar-refractivity contribution in [3.63, 3.8) is 0 Å². The Morgan fingerprint density at radius 1 is 0.905 bits per heavy atom. The molecule has 21 heavy (non-hydrogen) atoms. The first-order chi connectivity index (χ1) is 10.3. The molecule has 0 spiro atoms. The summed E-state index contributed by atoms with van der Waals surface area (Å²) in [5.41, 5.74) is 4.07. The Labute approximate surface area is 126 Å². The number of aryl methyl sites for hydroxylation is 1. The maximum Gasteiger partial charge on any atom is 0.212 e. The van der Waals surface area contributed by atoms with Crippen molar-refractivity contribution >= 4 is 0 Å². The first-order valence-corrected chi connectivity index (χ1v) is 7.96. The third-order valence-corrected chi connectivity index (χ3v) is 4.81. The number of pyridine rings is 1. The highest BCUT2D eigenvalue weighted by Gasteiger charge is 2.23. The molecule has 1 aliphatic carbocycles. The van der Waals surface area contributed by atoms with Crippen LogP contribution in [0.3, 0.4) is 0 Å². The quantitative estimate of drug-likeness (QED) is 0.703. The van der Waals surface area contributed by atoms with Crippen LogP contribution < -0.4 is 0 Å². The number of halogens is 1. The van der Waals surface area contributed by atoms with Gasteiger partial charge in [-0.1, -0.05) is 37.3 Å². The average Bonchev–Trinajstić information content (AvgIpc) is 2.56. The summed E-state index contributed by atoms with van der Waals surface area (Å²) in [4.78, 5) is 3.78. The lowest BCUT2D eigenvalue weighted by atomic mass is 9.76. The molecule has 2 aromatic rings. The van der Waals surface area contributed by atoms with E-state index in [4.69, 9.17) is 0 Å². The molecule has 1 aliphatic rings. The molecule has 1 aromatic carbocycles. The minimum Gasteiger partial charge on any atom is -0.228 e. The van der Waals surface area contributed by atoms with E-state index in [1.165, 1.54) is 48.4 Å². The summed E-state index contributed by atoms with van der Waals surface area (Å²) >= 11 is 0. The topological polar surface area (TPSA) is 12.9 Å². The Morgan fingerprint density at radius 3 is 2.00 bits per heavy atom. The number of hydrogen-bond acceptors (Lipinski definition) is 1. The largest absolute Gasteiger partial charge is 0.228 e. The van der Waals surface area contributed by atoms with Gasteiger partial charge in [-0.2, -0.15) is 4.39 Å². The molecule has 3 rings (SSSR count). The van der Waals surface area contributed by atoms with E-state index in [1.54, 1.807) is 6.20 Å². The first-order valence-electron chi connectivity index (χ1n) is 7.96. The van der Waals surface area contributed by atoms with Crippen LogP contribution in [-0.2, 0) is 6.42 Å². The van der Waals surface area contributed by atoms with Crippen LogP contribution in [0.15, 0.2) is 42.6 Å². The minimum atomic E-state index is -0.386. The predicted octanol–water partition coefficient (Wildman–Crippen LogP) is 5.22. The second-order valence-corrected chi connectivity index (χ2v) is 6.06. The van der Waals surface area contributed by atoms with Crippen LogP contribution in [0.5, 0.6) is 0 Å². The van der Waals surface area contributed by atoms with Crippen molar-refractivity contribution in [2.24, 2.45) is 0 Å². The number of nitrogens with zero attached hydrogens (tertiary/aromatic N) is 1. The molecule has 0 saturated heterocycles. The summed E-state index contributed by atoms with van der Waals surface area (Å²) in [5.74, 6) is 0.841. The van der Waals surface area contributed by atoms with Crippen LogP contribution in [0.1, 0.15) is 61.1 Å². The van der Waals surface area contributed by atoms with Crippen LogP contribution >= 0.6 is 0 Å². The summed E-state index contributed by atoms with van der Waals surface area (Å²) in [7, 11) is 0. The summed E-state index contributed by atoms with van der Waals surface area (Å²) in [5, 5.41) is 0. The van der Waals surface area contributed by atoms with Gasteiger partial charge in [0.15, 0.2) is 0 Å². The lowest BCUT2D eigenvalue weighted by Crippen LogP contribution is -2.12. The third kappa shape index (κ3) is 3.31. The maximum atomic E-state index is 12.9. The molecule has 0 N–H and O–H groups in total. The van der Waals surface area contributed by atoms with Crippen molar-refractivity contribution in [3.05, 3.63) is 65.2 Å². The molecular weight excluding hydrogens is 261 g/mol. The van der Waals surface area contributed by atoms with Gasteiger partial charge in [-0.15, -0.1) is 0 Å². The monoisotopic (exact) mass is 283 g/mol. The number of hydrogen-bond donors (Lipinski definition) is 0. The fraction of sp³-hybridized carbons (Fsp3) is 0.421. The summed E-state index contributed by atoms with van der Waals surface area (Å²) < 4.78 is 12.9. The molecule has 110 valence electrons. The molecule has 0 atom stereocenters. The zero-order valence-electron chi connectivity index (χ0n) is 12.6. The van der Waals surface area contributed by atoms with E-state index in [-0.39, 0.29) is 5.95 Å². The zero-order valence-corrected chi connectivity index (χ0v) is 12.6. The van der Waals surface area contributed by atoms with Crippen LogP contribution in [0.25, 0.3) is 0 Å². The molecule has 1 heterocycles. The van der Waals surface area contributed by atoms with Crippen molar-refractivity contribution in [1.82, 2.24) is 4.98 Å². The van der Waals surface area contributed by atoms with Gasteiger partial charge in [0.2, 0.25) is 5.95 Å². The highest BCUT2D eigenvalue weighted by molar-refractivity contribution is 5.26. The first kappa shape index (κ1) is 14.2. The van der Waals surface area contributed by atoms with E-state index in [0.717, 1.165) is 6.42 Å². The molecule has 1 nitrogen and oxygen atoms in total. The minimum absolute atomic E-state index is 0.386.